The Bertz CT molecular complexity index is 892. The molecule has 1 fully saturated rings. The number of nitrogens with zero attached hydrogens (tertiary/aromatic N) is 3. The lowest BCUT2D eigenvalue weighted by molar-refractivity contribution is -0.385. The predicted molar refractivity (Wildman–Crippen MR) is 111 cm³/mol. The quantitative estimate of drug-likeness (QED) is 0.224. The van der Waals surface area contributed by atoms with E-state index in [1.807, 2.05) is 30.3 Å². The van der Waals surface area contributed by atoms with Crippen LogP contribution in [0, 0.1) is 10.1 Å². The lowest BCUT2D eigenvalue weighted by atomic mass is 10.0. The van der Waals surface area contributed by atoms with Crippen molar-refractivity contribution in [3.05, 3.63) is 64.3 Å². The zero-order valence-corrected chi connectivity index (χ0v) is 17.3. The minimum absolute atomic E-state index is 0.133. The van der Waals surface area contributed by atoms with Gasteiger partial charge in [0.25, 0.3) is 5.69 Å². The molecule has 0 spiro atoms. The summed E-state index contributed by atoms with van der Waals surface area (Å²) < 4.78 is 0. The van der Waals surface area contributed by atoms with Crippen molar-refractivity contribution in [3.63, 3.8) is 0 Å². The number of aromatic nitrogens is 1. The average Bonchev–Trinajstić information content (AvgIpc) is 2.75. The molecule has 0 bridgehead atoms. The van der Waals surface area contributed by atoms with Crippen LogP contribution in [-0.4, -0.2) is 44.1 Å². The van der Waals surface area contributed by atoms with Gasteiger partial charge >= 0.3 is 5.37 Å². The van der Waals surface area contributed by atoms with Crippen LogP contribution in [0.2, 0.25) is 0 Å². The molecule has 2 aromatic rings. The molecule has 1 aromatic heterocycles. The average molecular weight is 451 g/mol. The summed E-state index contributed by atoms with van der Waals surface area (Å²) in [6.07, 6.45) is 2.14. The Morgan fingerprint density at radius 1 is 1.27 bits per heavy atom. The highest BCUT2D eigenvalue weighted by molar-refractivity contribution is 8.13. The van der Waals surface area contributed by atoms with Crippen molar-refractivity contribution in [2.24, 2.45) is 0 Å². The molecule has 1 aliphatic heterocycles. The number of pyridine rings is 1. The van der Waals surface area contributed by atoms with E-state index in [4.69, 9.17) is 16.4 Å². The normalized spacial score (nSPS) is 18.6. The number of piperidine rings is 1. The number of amides is 1. The number of benzene rings is 1. The number of thioether (sulfide) groups is 1. The van der Waals surface area contributed by atoms with Gasteiger partial charge in [-0.15, -0.1) is 0 Å². The molecule has 1 aromatic carbocycles. The second kappa shape index (κ2) is 10.5. The number of halogens is 1. The van der Waals surface area contributed by atoms with Crippen LogP contribution >= 0.6 is 23.4 Å². The maximum Gasteiger partial charge on any atom is 0.340 e. The number of hydrogen-bond donors (Lipinski definition) is 1. The third kappa shape index (κ3) is 5.99. The maximum absolute atomic E-state index is 12.5. The van der Waals surface area contributed by atoms with E-state index < -0.39 is 16.3 Å². The van der Waals surface area contributed by atoms with E-state index in [2.05, 4.69) is 10.3 Å². The Morgan fingerprint density at radius 3 is 2.60 bits per heavy atom. The molecule has 0 aliphatic carbocycles. The van der Waals surface area contributed by atoms with Crippen molar-refractivity contribution in [1.29, 1.82) is 0 Å². The highest BCUT2D eigenvalue weighted by Gasteiger charge is 2.32. The van der Waals surface area contributed by atoms with Crippen LogP contribution in [0.4, 0.5) is 10.5 Å². The van der Waals surface area contributed by atoms with Gasteiger partial charge in [-0.3, -0.25) is 24.5 Å². The summed E-state index contributed by atoms with van der Waals surface area (Å²) in [7, 11) is 0. The van der Waals surface area contributed by atoms with Gasteiger partial charge in [-0.05, 0) is 47.8 Å². The van der Waals surface area contributed by atoms with Gasteiger partial charge in [0.15, 0.2) is 0 Å². The number of nitro groups is 1. The molecule has 1 amide bonds. The molecule has 0 saturated carbocycles. The molecule has 9 nitrogen and oxygen atoms in total. The molecule has 1 aliphatic rings. The van der Waals surface area contributed by atoms with E-state index >= 15 is 0 Å². The van der Waals surface area contributed by atoms with Crippen LogP contribution in [0.25, 0.3) is 0 Å². The minimum atomic E-state index is -0.716. The largest absolute Gasteiger partial charge is 0.340 e. The van der Waals surface area contributed by atoms with E-state index in [0.717, 1.165) is 28.6 Å². The Kier molecular flexibility index (Phi) is 7.75. The summed E-state index contributed by atoms with van der Waals surface area (Å²) in [5.74, 6) is 0. The number of carbonyl (C=O) groups excluding carboxylic acids is 2. The van der Waals surface area contributed by atoms with Gasteiger partial charge in [0.2, 0.25) is 5.12 Å². The Hall–Kier alpha value is -2.53. The second-order valence-corrected chi connectivity index (χ2v) is 7.91. The fourth-order valence-corrected chi connectivity index (χ4v) is 3.95. The smallest absolute Gasteiger partial charge is 0.305 e. The molecule has 2 atom stereocenters. The van der Waals surface area contributed by atoms with Crippen LogP contribution in [-0.2, 0) is 16.2 Å². The van der Waals surface area contributed by atoms with Crippen molar-refractivity contribution in [1.82, 2.24) is 15.4 Å². The van der Waals surface area contributed by atoms with Crippen LogP contribution < -0.4 is 5.32 Å². The number of hydroxylamine groups is 2. The number of carbonyl (C=O) groups is 2. The van der Waals surface area contributed by atoms with Crippen LogP contribution in [0.15, 0.2) is 53.7 Å². The van der Waals surface area contributed by atoms with Crippen molar-refractivity contribution in [2.45, 2.75) is 36.6 Å². The first kappa shape index (κ1) is 22.2. The zero-order chi connectivity index (χ0) is 21.5. The van der Waals surface area contributed by atoms with Crippen molar-refractivity contribution in [2.75, 3.05) is 6.54 Å². The first-order chi connectivity index (χ1) is 14.4. The monoisotopic (exact) mass is 450 g/mol. The summed E-state index contributed by atoms with van der Waals surface area (Å²) in [6, 6.07) is 11.4. The first-order valence-corrected chi connectivity index (χ1v) is 10.3. The molecule has 3 rings (SSSR count). The molecular weight excluding hydrogens is 432 g/mol. The SMILES string of the molecule is O=C(Sc1ccc([N+](=O)[O-])cn1)[C@@H]1CC[C@@H](N(OCc2ccccc2)C(=O)Cl)CN1. The molecule has 158 valence electrons. The fraction of sp³-hybridized carbons (Fsp3) is 0.316. The molecular formula is C19H19ClN4O5S. The molecule has 2 heterocycles. The van der Waals surface area contributed by atoms with Gasteiger partial charge < -0.3 is 5.32 Å². The summed E-state index contributed by atoms with van der Waals surface area (Å²) >= 11 is 6.61. The number of rotatable bonds is 7. The molecule has 11 heteroatoms. The standard InChI is InChI=1S/C19H19ClN4O5S/c20-19(26)23(29-12-13-4-2-1-3-5-13)14-6-8-16(21-10-14)18(25)30-17-9-7-15(11-22-17)24(27)28/h1-5,7,9,11,14,16,21H,6,8,10,12H2/t14-,16+/m1/s1. The van der Waals surface area contributed by atoms with Gasteiger partial charge in [-0.1, -0.05) is 30.3 Å². The van der Waals surface area contributed by atoms with E-state index in [1.165, 1.54) is 12.1 Å². The van der Waals surface area contributed by atoms with E-state index in [9.17, 15) is 19.7 Å². The lowest BCUT2D eigenvalue weighted by Gasteiger charge is -2.34. The first-order valence-electron chi connectivity index (χ1n) is 9.15. The third-order valence-electron chi connectivity index (χ3n) is 4.53. The Balaban J connectivity index is 1.51. The van der Waals surface area contributed by atoms with Gasteiger partial charge in [-0.2, -0.15) is 0 Å². The van der Waals surface area contributed by atoms with E-state index in [0.29, 0.717) is 24.4 Å². The van der Waals surface area contributed by atoms with Gasteiger partial charge in [-0.25, -0.2) is 10.0 Å². The highest BCUT2D eigenvalue weighted by atomic mass is 35.5. The number of nitrogens with one attached hydrogen (secondary N) is 1. The van der Waals surface area contributed by atoms with Gasteiger partial charge in [0, 0.05) is 12.6 Å². The fourth-order valence-electron chi connectivity index (χ4n) is 2.98. The third-order valence-corrected chi connectivity index (χ3v) is 5.63. The maximum atomic E-state index is 12.5. The molecule has 1 saturated heterocycles. The van der Waals surface area contributed by atoms with Crippen LogP contribution in [0.5, 0.6) is 0 Å². The lowest BCUT2D eigenvalue weighted by Crippen LogP contribution is -2.52. The minimum Gasteiger partial charge on any atom is -0.305 e. The molecule has 0 unspecified atom stereocenters. The molecule has 30 heavy (non-hydrogen) atoms. The Morgan fingerprint density at radius 2 is 2.03 bits per heavy atom. The van der Waals surface area contributed by atoms with Crippen LogP contribution in [0.1, 0.15) is 18.4 Å². The van der Waals surface area contributed by atoms with Gasteiger partial charge in [0.05, 0.1) is 17.0 Å². The zero-order valence-electron chi connectivity index (χ0n) is 15.8. The van der Waals surface area contributed by atoms with Crippen molar-refractivity contribution < 1.29 is 19.3 Å². The molecule has 1 N–H and O–H groups in total. The van der Waals surface area contributed by atoms with Crippen molar-refractivity contribution >= 4 is 39.5 Å². The van der Waals surface area contributed by atoms with E-state index in [1.54, 1.807) is 0 Å². The molecule has 0 radical (unpaired) electrons. The Labute approximate surface area is 181 Å². The summed E-state index contributed by atoms with van der Waals surface area (Å²) in [6.45, 7) is 0.553. The predicted octanol–water partition coefficient (Wildman–Crippen LogP) is 3.52. The van der Waals surface area contributed by atoms with E-state index in [-0.39, 0.29) is 23.5 Å². The summed E-state index contributed by atoms with van der Waals surface area (Å²) in [5.41, 5.74) is 0.774. The summed E-state index contributed by atoms with van der Waals surface area (Å²) in [5, 5.41) is 14.5. The second-order valence-electron chi connectivity index (χ2n) is 6.56. The topological polar surface area (TPSA) is 115 Å². The highest BCUT2D eigenvalue weighted by Crippen LogP contribution is 2.25. The van der Waals surface area contributed by atoms with Gasteiger partial charge in [0.1, 0.15) is 17.8 Å². The van der Waals surface area contributed by atoms with Crippen molar-refractivity contribution in [3.8, 4) is 0 Å². The van der Waals surface area contributed by atoms with Crippen LogP contribution in [0.3, 0.4) is 0 Å². The number of hydrogen-bond acceptors (Lipinski definition) is 8. The summed E-state index contributed by atoms with van der Waals surface area (Å²) in [4.78, 5) is 44.0.